The van der Waals surface area contributed by atoms with E-state index in [2.05, 4.69) is 4.90 Å². The smallest absolute Gasteiger partial charge is 0.260 e. The molecule has 2 aliphatic rings. The van der Waals surface area contributed by atoms with Gasteiger partial charge in [-0.1, -0.05) is 6.07 Å². The molecule has 0 unspecified atom stereocenters. The summed E-state index contributed by atoms with van der Waals surface area (Å²) in [5.41, 5.74) is 0. The highest BCUT2D eigenvalue weighted by atomic mass is 32.2. The number of carbonyl (C=O) groups is 1. The lowest BCUT2D eigenvalue weighted by molar-refractivity contribution is -0.135. The molecule has 1 aliphatic carbocycles. The fraction of sp³-hybridized carbons (Fsp3) is 0.562. The van der Waals surface area contributed by atoms with Crippen LogP contribution in [0.5, 0.6) is 5.75 Å². The van der Waals surface area contributed by atoms with Gasteiger partial charge in [-0.05, 0) is 31.0 Å². The van der Waals surface area contributed by atoms with E-state index >= 15 is 0 Å². The number of sulfone groups is 1. The van der Waals surface area contributed by atoms with Crippen LogP contribution in [0.25, 0.3) is 0 Å². The molecule has 1 aromatic rings. The quantitative estimate of drug-likeness (QED) is 0.793. The summed E-state index contributed by atoms with van der Waals surface area (Å²) < 4.78 is 28.5. The molecule has 0 spiro atoms. The van der Waals surface area contributed by atoms with Gasteiger partial charge in [-0.2, -0.15) is 0 Å². The van der Waals surface area contributed by atoms with E-state index in [-0.39, 0.29) is 17.4 Å². The molecule has 1 amide bonds. The molecule has 0 bridgehead atoms. The van der Waals surface area contributed by atoms with Crippen molar-refractivity contribution in [1.29, 1.82) is 0 Å². The molecule has 0 atom stereocenters. The summed E-state index contributed by atoms with van der Waals surface area (Å²) in [5.74, 6) is 0.350. The van der Waals surface area contributed by atoms with Gasteiger partial charge >= 0.3 is 0 Å². The number of benzene rings is 1. The second kappa shape index (κ2) is 6.49. The molecule has 7 heteroatoms. The van der Waals surface area contributed by atoms with E-state index in [1.807, 2.05) is 4.90 Å². The van der Waals surface area contributed by atoms with Gasteiger partial charge in [0.25, 0.3) is 5.91 Å². The summed E-state index contributed by atoms with van der Waals surface area (Å²) in [4.78, 5) is 16.7. The molecule has 1 heterocycles. The molecule has 1 aliphatic heterocycles. The molecule has 0 N–H and O–H groups in total. The molecule has 0 radical (unpaired) electrons. The average molecular weight is 338 g/mol. The summed E-state index contributed by atoms with van der Waals surface area (Å²) in [7, 11) is -3.27. The van der Waals surface area contributed by atoms with E-state index in [0.29, 0.717) is 5.75 Å². The molecule has 6 nitrogen and oxygen atoms in total. The van der Waals surface area contributed by atoms with Crippen LogP contribution in [0, 0.1) is 0 Å². The van der Waals surface area contributed by atoms with Crippen LogP contribution in [-0.4, -0.2) is 69.2 Å². The summed E-state index contributed by atoms with van der Waals surface area (Å²) >= 11 is 0. The van der Waals surface area contributed by atoms with Crippen LogP contribution in [0.15, 0.2) is 29.2 Å². The van der Waals surface area contributed by atoms with Crippen LogP contribution >= 0.6 is 0 Å². The summed E-state index contributed by atoms with van der Waals surface area (Å²) in [5, 5.41) is 0. The number of amides is 1. The van der Waals surface area contributed by atoms with E-state index in [1.54, 1.807) is 12.1 Å². The van der Waals surface area contributed by atoms with Gasteiger partial charge in [0.1, 0.15) is 5.75 Å². The molecule has 2 fully saturated rings. The fourth-order valence-electron chi connectivity index (χ4n) is 2.81. The molecule has 0 aromatic heterocycles. The van der Waals surface area contributed by atoms with Crippen molar-refractivity contribution < 1.29 is 17.9 Å². The van der Waals surface area contributed by atoms with Crippen LogP contribution in [-0.2, 0) is 14.6 Å². The van der Waals surface area contributed by atoms with Crippen molar-refractivity contribution >= 4 is 15.7 Å². The van der Waals surface area contributed by atoms with Gasteiger partial charge in [0.2, 0.25) is 0 Å². The normalized spacial score (nSPS) is 19.6. The standard InChI is InChI=1S/C16H22N2O4S/c1-23(20,21)15-4-2-3-14(11-15)22-12-16(19)18-9-7-17(8-10-18)13-5-6-13/h2-4,11,13H,5-10,12H2,1H3. The Kier molecular flexibility index (Phi) is 4.59. The Balaban J connectivity index is 1.51. The first-order valence-corrected chi connectivity index (χ1v) is 9.77. The second-order valence-electron chi connectivity index (χ2n) is 6.18. The van der Waals surface area contributed by atoms with Gasteiger partial charge in [-0.25, -0.2) is 8.42 Å². The molecule has 23 heavy (non-hydrogen) atoms. The minimum atomic E-state index is -3.27. The Morgan fingerprint density at radius 2 is 1.91 bits per heavy atom. The lowest BCUT2D eigenvalue weighted by Gasteiger charge is -2.34. The minimum Gasteiger partial charge on any atom is -0.484 e. The maximum atomic E-state index is 12.2. The highest BCUT2D eigenvalue weighted by Gasteiger charge is 2.32. The molecular weight excluding hydrogens is 316 g/mol. The first-order valence-electron chi connectivity index (χ1n) is 7.88. The number of carbonyl (C=O) groups excluding carboxylic acids is 1. The number of ether oxygens (including phenoxy) is 1. The maximum Gasteiger partial charge on any atom is 0.260 e. The Labute approximate surface area is 136 Å². The molecule has 3 rings (SSSR count). The van der Waals surface area contributed by atoms with Gasteiger partial charge in [0.15, 0.2) is 16.4 Å². The summed E-state index contributed by atoms with van der Waals surface area (Å²) in [6.45, 7) is 3.28. The van der Waals surface area contributed by atoms with Gasteiger partial charge in [-0.3, -0.25) is 9.69 Å². The Morgan fingerprint density at radius 3 is 2.52 bits per heavy atom. The van der Waals surface area contributed by atoms with Gasteiger partial charge in [0, 0.05) is 38.5 Å². The van der Waals surface area contributed by atoms with Crippen LogP contribution in [0.2, 0.25) is 0 Å². The average Bonchev–Trinajstić information content (AvgIpc) is 3.37. The highest BCUT2D eigenvalue weighted by Crippen LogP contribution is 2.27. The van der Waals surface area contributed by atoms with E-state index in [1.165, 1.54) is 25.0 Å². The topological polar surface area (TPSA) is 66.9 Å². The minimum absolute atomic E-state index is 0.0507. The molecule has 1 saturated heterocycles. The van der Waals surface area contributed by atoms with Crippen molar-refractivity contribution in [3.05, 3.63) is 24.3 Å². The zero-order chi connectivity index (χ0) is 16.4. The van der Waals surface area contributed by atoms with Gasteiger partial charge in [0.05, 0.1) is 4.90 Å². The Bertz CT molecular complexity index is 677. The van der Waals surface area contributed by atoms with E-state index in [0.717, 1.165) is 38.5 Å². The van der Waals surface area contributed by atoms with Gasteiger partial charge in [-0.15, -0.1) is 0 Å². The van der Waals surface area contributed by atoms with Crippen molar-refractivity contribution in [3.63, 3.8) is 0 Å². The van der Waals surface area contributed by atoms with Crippen molar-refractivity contribution in [3.8, 4) is 5.75 Å². The zero-order valence-corrected chi connectivity index (χ0v) is 14.1. The van der Waals surface area contributed by atoms with Crippen molar-refractivity contribution in [2.45, 2.75) is 23.8 Å². The number of nitrogens with zero attached hydrogens (tertiary/aromatic N) is 2. The number of piperazine rings is 1. The lowest BCUT2D eigenvalue weighted by Crippen LogP contribution is -2.50. The Morgan fingerprint density at radius 1 is 1.22 bits per heavy atom. The number of hydrogen-bond acceptors (Lipinski definition) is 5. The van der Waals surface area contributed by atoms with E-state index in [4.69, 9.17) is 4.74 Å². The molecule has 1 saturated carbocycles. The van der Waals surface area contributed by atoms with Crippen LogP contribution in [0.1, 0.15) is 12.8 Å². The second-order valence-corrected chi connectivity index (χ2v) is 8.20. The van der Waals surface area contributed by atoms with Crippen molar-refractivity contribution in [2.24, 2.45) is 0 Å². The van der Waals surface area contributed by atoms with E-state index in [9.17, 15) is 13.2 Å². The van der Waals surface area contributed by atoms with Crippen LogP contribution in [0.3, 0.4) is 0 Å². The largest absolute Gasteiger partial charge is 0.484 e. The van der Waals surface area contributed by atoms with Crippen molar-refractivity contribution in [2.75, 3.05) is 39.0 Å². The third-order valence-corrected chi connectivity index (χ3v) is 5.44. The van der Waals surface area contributed by atoms with Gasteiger partial charge < -0.3 is 9.64 Å². The predicted octanol–water partition coefficient (Wildman–Crippen LogP) is 0.775. The van der Waals surface area contributed by atoms with Crippen molar-refractivity contribution in [1.82, 2.24) is 9.80 Å². The third-order valence-electron chi connectivity index (χ3n) is 4.33. The molecule has 1 aromatic carbocycles. The highest BCUT2D eigenvalue weighted by molar-refractivity contribution is 7.90. The first kappa shape index (κ1) is 16.3. The SMILES string of the molecule is CS(=O)(=O)c1cccc(OCC(=O)N2CCN(C3CC3)CC2)c1. The predicted molar refractivity (Wildman–Crippen MR) is 86.2 cm³/mol. The van der Waals surface area contributed by atoms with E-state index < -0.39 is 9.84 Å². The Hall–Kier alpha value is -1.60. The maximum absolute atomic E-state index is 12.2. The molecule has 126 valence electrons. The third kappa shape index (κ3) is 4.23. The van der Waals surface area contributed by atoms with Crippen LogP contribution < -0.4 is 4.74 Å². The number of rotatable bonds is 5. The fourth-order valence-corrected chi connectivity index (χ4v) is 3.46. The number of hydrogen-bond donors (Lipinski definition) is 0. The summed E-state index contributed by atoms with van der Waals surface area (Å²) in [6, 6.07) is 6.98. The molecular formula is C16H22N2O4S. The van der Waals surface area contributed by atoms with Crippen LogP contribution in [0.4, 0.5) is 0 Å². The lowest BCUT2D eigenvalue weighted by atomic mass is 10.3. The zero-order valence-electron chi connectivity index (χ0n) is 13.3. The first-order chi connectivity index (χ1) is 10.9. The summed E-state index contributed by atoms with van der Waals surface area (Å²) in [6.07, 6.45) is 3.72. The monoisotopic (exact) mass is 338 g/mol.